The molecule has 0 atom stereocenters. The first-order chi connectivity index (χ1) is 10.2. The van der Waals surface area contributed by atoms with Gasteiger partial charge < -0.3 is 5.11 Å². The number of phenolic OH excluding ortho intramolecular Hbond substituents is 1. The fraction of sp³-hybridized carbons (Fsp3) is 0. The van der Waals surface area contributed by atoms with Gasteiger partial charge in [-0.3, -0.25) is 9.69 Å². The second-order valence-electron chi connectivity index (χ2n) is 4.41. The maximum absolute atomic E-state index is 12.2. The molecule has 0 unspecified atom stereocenters. The van der Waals surface area contributed by atoms with Crippen LogP contribution in [-0.4, -0.2) is 15.3 Å². The highest BCUT2D eigenvalue weighted by Crippen LogP contribution is 2.37. The van der Waals surface area contributed by atoms with E-state index in [0.29, 0.717) is 15.5 Å². The van der Waals surface area contributed by atoms with Gasteiger partial charge in [0, 0.05) is 5.56 Å². The van der Waals surface area contributed by atoms with Crippen molar-refractivity contribution in [2.75, 3.05) is 4.90 Å². The third-order valence-corrected chi connectivity index (χ3v) is 4.45. The van der Waals surface area contributed by atoms with E-state index >= 15 is 0 Å². The summed E-state index contributed by atoms with van der Waals surface area (Å²) in [5.41, 5.74) is 1.39. The van der Waals surface area contributed by atoms with E-state index in [1.807, 2.05) is 36.4 Å². The summed E-state index contributed by atoms with van der Waals surface area (Å²) in [6.45, 7) is 0. The third kappa shape index (κ3) is 2.70. The Balaban J connectivity index is 1.96. The second-order valence-corrected chi connectivity index (χ2v) is 5.79. The Hall–Kier alpha value is -2.11. The maximum Gasteiger partial charge on any atom is 0.296 e. The van der Waals surface area contributed by atoms with Crippen LogP contribution in [-0.2, 0) is 0 Å². The first-order valence-corrected chi connectivity index (χ1v) is 7.50. The number of rotatable bonds is 2. The van der Waals surface area contributed by atoms with Crippen molar-refractivity contribution in [2.24, 2.45) is 0 Å². The lowest BCUT2D eigenvalue weighted by Gasteiger charge is -2.14. The van der Waals surface area contributed by atoms with Crippen molar-refractivity contribution in [1.82, 2.24) is 0 Å². The summed E-state index contributed by atoms with van der Waals surface area (Å²) >= 11 is 6.47. The average molecular weight is 313 g/mol. The zero-order chi connectivity index (χ0) is 14.8. The van der Waals surface area contributed by atoms with Crippen LogP contribution >= 0.6 is 24.0 Å². The smallest absolute Gasteiger partial charge is 0.296 e. The predicted molar refractivity (Wildman–Crippen MR) is 90.6 cm³/mol. The molecule has 0 saturated carbocycles. The number of anilines is 1. The van der Waals surface area contributed by atoms with Crippen LogP contribution in [0.1, 0.15) is 5.56 Å². The molecule has 1 heterocycles. The molecule has 104 valence electrons. The molecule has 0 bridgehead atoms. The summed E-state index contributed by atoms with van der Waals surface area (Å²) in [4.78, 5) is 14.8. The fourth-order valence-corrected chi connectivity index (χ4v) is 3.29. The van der Waals surface area contributed by atoms with Crippen molar-refractivity contribution >= 4 is 46.0 Å². The van der Waals surface area contributed by atoms with E-state index in [1.54, 1.807) is 24.3 Å². The van der Waals surface area contributed by atoms with Gasteiger partial charge in [-0.05, 0) is 36.0 Å². The molecule has 1 aliphatic rings. The van der Waals surface area contributed by atoms with Crippen LogP contribution in [0.3, 0.4) is 0 Å². The molecule has 1 N–H and O–H groups in total. The number of thioether (sulfide) groups is 1. The average Bonchev–Trinajstić information content (AvgIpc) is 2.77. The summed E-state index contributed by atoms with van der Waals surface area (Å²) in [5, 5.41) is 9.68. The number of amides is 1. The van der Waals surface area contributed by atoms with Gasteiger partial charge in [0.05, 0.1) is 10.6 Å². The number of hydrogen-bond acceptors (Lipinski definition) is 4. The van der Waals surface area contributed by atoms with Crippen molar-refractivity contribution in [1.29, 1.82) is 0 Å². The summed E-state index contributed by atoms with van der Waals surface area (Å²) in [7, 11) is 0. The zero-order valence-corrected chi connectivity index (χ0v) is 12.5. The Kier molecular flexibility index (Phi) is 3.77. The van der Waals surface area contributed by atoms with E-state index in [0.717, 1.165) is 17.4 Å². The summed E-state index contributed by atoms with van der Waals surface area (Å²) in [6, 6.07) is 16.2. The molecule has 21 heavy (non-hydrogen) atoms. The van der Waals surface area contributed by atoms with Crippen LogP contribution in [0, 0.1) is 0 Å². The molecule has 1 amide bonds. The van der Waals surface area contributed by atoms with Crippen molar-refractivity contribution in [2.45, 2.75) is 0 Å². The molecule has 0 aromatic heterocycles. The lowest BCUT2D eigenvalue weighted by molar-refractivity contribution is 0.268. The van der Waals surface area contributed by atoms with E-state index in [-0.39, 0.29) is 11.0 Å². The SMILES string of the molecule is O=C1SC(=Cc2ccccc2O)C(=S)N1c1ccccc1. The molecule has 1 fully saturated rings. The summed E-state index contributed by atoms with van der Waals surface area (Å²) in [6.07, 6.45) is 1.74. The van der Waals surface area contributed by atoms with Crippen molar-refractivity contribution in [3.8, 4) is 5.75 Å². The van der Waals surface area contributed by atoms with Gasteiger partial charge >= 0.3 is 0 Å². The molecular formula is C16H11NO2S2. The van der Waals surface area contributed by atoms with Gasteiger partial charge in [0.15, 0.2) is 0 Å². The number of aromatic hydroxyl groups is 1. The highest BCUT2D eigenvalue weighted by Gasteiger charge is 2.32. The minimum absolute atomic E-state index is 0.132. The Morgan fingerprint density at radius 3 is 2.43 bits per heavy atom. The molecule has 3 rings (SSSR count). The molecule has 1 aliphatic heterocycles. The molecule has 2 aromatic rings. The maximum atomic E-state index is 12.2. The Bertz CT molecular complexity index is 741. The number of para-hydroxylation sites is 2. The Labute approximate surface area is 131 Å². The number of thiocarbonyl (C=S) groups is 1. The van der Waals surface area contributed by atoms with Crippen LogP contribution in [0.4, 0.5) is 10.5 Å². The van der Waals surface area contributed by atoms with E-state index in [4.69, 9.17) is 12.2 Å². The van der Waals surface area contributed by atoms with Gasteiger partial charge in [0.2, 0.25) is 0 Å². The van der Waals surface area contributed by atoms with Gasteiger partial charge in [0.25, 0.3) is 5.24 Å². The standard InChI is InChI=1S/C16H11NO2S2/c18-13-9-5-4-6-11(13)10-14-15(20)17(16(19)21-14)12-7-2-1-3-8-12/h1-10,18H. The lowest BCUT2D eigenvalue weighted by atomic mass is 10.2. The molecule has 1 saturated heterocycles. The largest absolute Gasteiger partial charge is 0.507 e. The van der Waals surface area contributed by atoms with Crippen LogP contribution in [0.5, 0.6) is 5.75 Å². The van der Waals surface area contributed by atoms with E-state index in [2.05, 4.69) is 0 Å². The Morgan fingerprint density at radius 2 is 1.71 bits per heavy atom. The van der Waals surface area contributed by atoms with Crippen LogP contribution in [0.15, 0.2) is 59.5 Å². The van der Waals surface area contributed by atoms with Crippen LogP contribution < -0.4 is 4.90 Å². The number of carbonyl (C=O) groups is 1. The molecule has 0 spiro atoms. The van der Waals surface area contributed by atoms with Crippen molar-refractivity contribution in [3.05, 3.63) is 65.1 Å². The van der Waals surface area contributed by atoms with Crippen LogP contribution in [0.2, 0.25) is 0 Å². The van der Waals surface area contributed by atoms with Gasteiger partial charge in [-0.25, -0.2) is 0 Å². The zero-order valence-electron chi connectivity index (χ0n) is 10.9. The third-order valence-electron chi connectivity index (χ3n) is 3.03. The molecule has 2 aromatic carbocycles. The minimum Gasteiger partial charge on any atom is -0.507 e. The van der Waals surface area contributed by atoms with Gasteiger partial charge in [-0.2, -0.15) is 0 Å². The number of carbonyl (C=O) groups excluding carboxylic acids is 1. The highest BCUT2D eigenvalue weighted by molar-refractivity contribution is 8.20. The quantitative estimate of drug-likeness (QED) is 0.657. The number of hydrogen-bond donors (Lipinski definition) is 1. The first-order valence-electron chi connectivity index (χ1n) is 6.28. The summed E-state index contributed by atoms with van der Waals surface area (Å²) in [5.74, 6) is 0.166. The van der Waals surface area contributed by atoms with Crippen molar-refractivity contribution < 1.29 is 9.90 Å². The highest BCUT2D eigenvalue weighted by atomic mass is 32.2. The van der Waals surface area contributed by atoms with Gasteiger partial charge in [-0.15, -0.1) is 0 Å². The molecule has 5 heteroatoms. The van der Waals surface area contributed by atoms with E-state index in [1.165, 1.54) is 4.90 Å². The van der Waals surface area contributed by atoms with E-state index < -0.39 is 0 Å². The first kappa shape index (κ1) is 13.9. The summed E-state index contributed by atoms with van der Waals surface area (Å²) < 4.78 is 0. The second kappa shape index (κ2) is 5.71. The fourth-order valence-electron chi connectivity index (χ4n) is 2.02. The molecular weight excluding hydrogens is 302 g/mol. The molecule has 0 radical (unpaired) electrons. The normalized spacial score (nSPS) is 16.8. The minimum atomic E-state index is -0.132. The van der Waals surface area contributed by atoms with E-state index in [9.17, 15) is 9.90 Å². The van der Waals surface area contributed by atoms with Crippen molar-refractivity contribution in [3.63, 3.8) is 0 Å². The van der Waals surface area contributed by atoms with Gasteiger partial charge in [-0.1, -0.05) is 48.6 Å². The van der Waals surface area contributed by atoms with Crippen LogP contribution in [0.25, 0.3) is 6.08 Å². The number of nitrogens with zero attached hydrogens (tertiary/aromatic N) is 1. The lowest BCUT2D eigenvalue weighted by Crippen LogP contribution is -2.26. The number of phenols is 1. The topological polar surface area (TPSA) is 40.5 Å². The van der Waals surface area contributed by atoms with Gasteiger partial charge in [0.1, 0.15) is 10.7 Å². The monoisotopic (exact) mass is 313 g/mol. The Morgan fingerprint density at radius 1 is 1.05 bits per heavy atom. The molecule has 0 aliphatic carbocycles. The molecule has 3 nitrogen and oxygen atoms in total. The number of benzene rings is 2. The predicted octanol–water partition coefficient (Wildman–Crippen LogP) is 4.43.